The standard InChI is InChI=1S/C23H25Cl2N3O5/c1-32-22(30)16-10-17(23(31)33-2)12-18(11-16)26-21(29)14-28-7-5-27(6-8-28)13-15-3-4-19(24)20(25)9-15/h3-4,9-12H,5-8,13-14H2,1-2H3,(H,26,29). The second-order valence-electron chi connectivity index (χ2n) is 7.63. The predicted molar refractivity (Wildman–Crippen MR) is 126 cm³/mol. The van der Waals surface area contributed by atoms with Gasteiger partial charge in [-0.2, -0.15) is 0 Å². The van der Waals surface area contributed by atoms with Crippen molar-refractivity contribution in [3.8, 4) is 0 Å². The summed E-state index contributed by atoms with van der Waals surface area (Å²) >= 11 is 12.1. The van der Waals surface area contributed by atoms with Crippen molar-refractivity contribution in [1.29, 1.82) is 0 Å². The number of carbonyl (C=O) groups excluding carboxylic acids is 3. The molecule has 0 spiro atoms. The fraction of sp³-hybridized carbons (Fsp3) is 0.348. The lowest BCUT2D eigenvalue weighted by molar-refractivity contribution is -0.117. The Morgan fingerprint density at radius 2 is 1.42 bits per heavy atom. The zero-order chi connectivity index (χ0) is 24.0. The van der Waals surface area contributed by atoms with Gasteiger partial charge in [0.15, 0.2) is 0 Å². The van der Waals surface area contributed by atoms with E-state index in [0.29, 0.717) is 15.7 Å². The highest BCUT2D eigenvalue weighted by atomic mass is 35.5. The second-order valence-corrected chi connectivity index (χ2v) is 8.45. The molecular weight excluding hydrogens is 469 g/mol. The number of nitrogens with zero attached hydrogens (tertiary/aromatic N) is 2. The first-order valence-electron chi connectivity index (χ1n) is 10.3. The molecule has 1 heterocycles. The zero-order valence-corrected chi connectivity index (χ0v) is 19.9. The average Bonchev–Trinajstić information content (AvgIpc) is 2.81. The number of benzene rings is 2. The first-order chi connectivity index (χ1) is 15.8. The number of hydrogen-bond donors (Lipinski definition) is 1. The van der Waals surface area contributed by atoms with Crippen molar-refractivity contribution in [2.45, 2.75) is 6.54 Å². The van der Waals surface area contributed by atoms with Gasteiger partial charge in [0.2, 0.25) is 5.91 Å². The fourth-order valence-corrected chi connectivity index (χ4v) is 3.90. The van der Waals surface area contributed by atoms with Gasteiger partial charge in [-0.25, -0.2) is 9.59 Å². The molecule has 0 radical (unpaired) electrons. The van der Waals surface area contributed by atoms with Gasteiger partial charge in [-0.1, -0.05) is 29.3 Å². The monoisotopic (exact) mass is 493 g/mol. The number of hydrogen-bond acceptors (Lipinski definition) is 7. The summed E-state index contributed by atoms with van der Waals surface area (Å²) < 4.78 is 9.44. The van der Waals surface area contributed by atoms with Gasteiger partial charge in [-0.05, 0) is 35.9 Å². The van der Waals surface area contributed by atoms with Crippen molar-refractivity contribution >= 4 is 46.7 Å². The van der Waals surface area contributed by atoms with E-state index in [2.05, 4.69) is 10.2 Å². The van der Waals surface area contributed by atoms with Crippen LogP contribution in [-0.4, -0.2) is 74.6 Å². The first-order valence-corrected chi connectivity index (χ1v) is 11.0. The average molecular weight is 494 g/mol. The third kappa shape index (κ3) is 6.91. The van der Waals surface area contributed by atoms with Gasteiger partial charge in [-0.15, -0.1) is 0 Å². The highest BCUT2D eigenvalue weighted by molar-refractivity contribution is 6.42. The number of rotatable bonds is 7. The summed E-state index contributed by atoms with van der Waals surface area (Å²) in [5, 5.41) is 3.83. The Hall–Kier alpha value is -2.65. The minimum absolute atomic E-state index is 0.145. The van der Waals surface area contributed by atoms with Gasteiger partial charge in [-0.3, -0.25) is 14.6 Å². The molecule has 2 aromatic carbocycles. The van der Waals surface area contributed by atoms with E-state index >= 15 is 0 Å². The smallest absolute Gasteiger partial charge is 0.337 e. The Morgan fingerprint density at radius 3 is 1.97 bits per heavy atom. The molecule has 10 heteroatoms. The summed E-state index contributed by atoms with van der Waals surface area (Å²) in [6.45, 7) is 4.01. The molecule has 33 heavy (non-hydrogen) atoms. The third-order valence-corrected chi connectivity index (χ3v) is 6.02. The second kappa shape index (κ2) is 11.5. The summed E-state index contributed by atoms with van der Waals surface area (Å²) in [4.78, 5) is 40.8. The summed E-state index contributed by atoms with van der Waals surface area (Å²) in [6.07, 6.45) is 0. The molecule has 1 N–H and O–H groups in total. The van der Waals surface area contributed by atoms with E-state index in [-0.39, 0.29) is 23.6 Å². The maximum Gasteiger partial charge on any atom is 0.337 e. The summed E-state index contributed by atoms with van der Waals surface area (Å²) in [6, 6.07) is 9.91. The molecule has 1 amide bonds. The minimum atomic E-state index is -0.616. The van der Waals surface area contributed by atoms with Crippen LogP contribution in [0.3, 0.4) is 0 Å². The Bertz CT molecular complexity index is 1000. The molecule has 0 aliphatic carbocycles. The van der Waals surface area contributed by atoms with Gasteiger partial charge in [0, 0.05) is 38.4 Å². The zero-order valence-electron chi connectivity index (χ0n) is 18.4. The molecule has 0 aromatic heterocycles. The molecule has 1 aliphatic rings. The van der Waals surface area contributed by atoms with Crippen LogP contribution >= 0.6 is 23.2 Å². The van der Waals surface area contributed by atoms with E-state index in [1.54, 1.807) is 6.07 Å². The molecule has 2 aromatic rings. The number of piperazine rings is 1. The van der Waals surface area contributed by atoms with Crippen LogP contribution in [0.25, 0.3) is 0 Å². The quantitative estimate of drug-likeness (QED) is 0.591. The van der Waals surface area contributed by atoms with Crippen molar-refractivity contribution < 1.29 is 23.9 Å². The van der Waals surface area contributed by atoms with Crippen molar-refractivity contribution in [2.24, 2.45) is 0 Å². The van der Waals surface area contributed by atoms with E-state index < -0.39 is 11.9 Å². The van der Waals surface area contributed by atoms with Crippen molar-refractivity contribution in [3.63, 3.8) is 0 Å². The lowest BCUT2D eigenvalue weighted by Gasteiger charge is -2.34. The number of esters is 2. The highest BCUT2D eigenvalue weighted by Gasteiger charge is 2.20. The van der Waals surface area contributed by atoms with Crippen LogP contribution in [0.1, 0.15) is 26.3 Å². The minimum Gasteiger partial charge on any atom is -0.465 e. The van der Waals surface area contributed by atoms with E-state index in [0.717, 1.165) is 38.3 Å². The summed E-state index contributed by atoms with van der Waals surface area (Å²) in [5.74, 6) is -1.48. The normalized spacial score (nSPS) is 14.5. The van der Waals surface area contributed by atoms with Crippen LogP contribution in [0.4, 0.5) is 5.69 Å². The van der Waals surface area contributed by atoms with Crippen molar-refractivity contribution in [3.05, 3.63) is 63.1 Å². The number of halogens is 2. The number of carbonyl (C=O) groups is 3. The Kier molecular flexibility index (Phi) is 8.68. The number of amides is 1. The lowest BCUT2D eigenvalue weighted by Crippen LogP contribution is -2.48. The Labute approximate surface area is 202 Å². The summed E-state index contributed by atoms with van der Waals surface area (Å²) in [7, 11) is 2.49. The van der Waals surface area contributed by atoms with Gasteiger partial charge >= 0.3 is 11.9 Å². The number of methoxy groups -OCH3 is 2. The van der Waals surface area contributed by atoms with E-state index in [9.17, 15) is 14.4 Å². The molecule has 1 fully saturated rings. The first kappa shape index (κ1) is 25.0. The van der Waals surface area contributed by atoms with E-state index in [4.69, 9.17) is 32.7 Å². The third-order valence-electron chi connectivity index (χ3n) is 5.28. The molecule has 3 rings (SSSR count). The number of ether oxygens (including phenoxy) is 2. The molecule has 8 nitrogen and oxygen atoms in total. The van der Waals surface area contributed by atoms with Crippen LogP contribution in [0, 0.1) is 0 Å². The van der Waals surface area contributed by atoms with Crippen LogP contribution in [-0.2, 0) is 20.8 Å². The molecule has 1 aliphatic heterocycles. The molecule has 0 atom stereocenters. The molecular formula is C23H25Cl2N3O5. The van der Waals surface area contributed by atoms with Crippen LogP contribution in [0.2, 0.25) is 10.0 Å². The summed E-state index contributed by atoms with van der Waals surface area (Å²) in [5.41, 5.74) is 1.70. The Morgan fingerprint density at radius 1 is 0.848 bits per heavy atom. The van der Waals surface area contributed by atoms with Gasteiger partial charge in [0.05, 0.1) is 41.9 Å². The highest BCUT2D eigenvalue weighted by Crippen LogP contribution is 2.23. The van der Waals surface area contributed by atoms with E-state index in [1.165, 1.54) is 32.4 Å². The maximum atomic E-state index is 12.6. The number of anilines is 1. The fourth-order valence-electron chi connectivity index (χ4n) is 3.58. The van der Waals surface area contributed by atoms with E-state index in [1.807, 2.05) is 17.0 Å². The molecule has 1 saturated heterocycles. The topological polar surface area (TPSA) is 88.2 Å². The van der Waals surface area contributed by atoms with Gasteiger partial charge in [0.1, 0.15) is 0 Å². The van der Waals surface area contributed by atoms with Crippen LogP contribution in [0.5, 0.6) is 0 Å². The molecule has 0 unspecified atom stereocenters. The predicted octanol–water partition coefficient (Wildman–Crippen LogP) is 3.32. The number of nitrogens with one attached hydrogen (secondary N) is 1. The molecule has 0 saturated carbocycles. The Balaban J connectivity index is 1.55. The molecule has 176 valence electrons. The van der Waals surface area contributed by atoms with Crippen LogP contribution in [0.15, 0.2) is 36.4 Å². The van der Waals surface area contributed by atoms with Crippen LogP contribution < -0.4 is 5.32 Å². The lowest BCUT2D eigenvalue weighted by atomic mass is 10.1. The van der Waals surface area contributed by atoms with Gasteiger partial charge < -0.3 is 14.8 Å². The molecule has 0 bridgehead atoms. The van der Waals surface area contributed by atoms with Crippen molar-refractivity contribution in [1.82, 2.24) is 9.80 Å². The van der Waals surface area contributed by atoms with Crippen molar-refractivity contribution in [2.75, 3.05) is 52.3 Å². The largest absolute Gasteiger partial charge is 0.465 e. The van der Waals surface area contributed by atoms with Gasteiger partial charge in [0.25, 0.3) is 0 Å². The SMILES string of the molecule is COC(=O)c1cc(NC(=O)CN2CCN(Cc3ccc(Cl)c(Cl)c3)CC2)cc(C(=O)OC)c1. The maximum absolute atomic E-state index is 12.6.